The number of benzene rings is 3. The molecule has 0 amide bonds. The summed E-state index contributed by atoms with van der Waals surface area (Å²) in [6.07, 6.45) is 0. The molecule has 0 aliphatic carbocycles. The highest BCUT2D eigenvalue weighted by molar-refractivity contribution is 7.98. The zero-order valence-corrected chi connectivity index (χ0v) is 18.1. The number of hydrogen-bond donors (Lipinski definition) is 0. The lowest BCUT2D eigenvalue weighted by Gasteiger charge is -2.08. The van der Waals surface area contributed by atoms with Gasteiger partial charge in [0, 0.05) is 22.8 Å². The highest BCUT2D eigenvalue weighted by Gasteiger charge is 2.15. The van der Waals surface area contributed by atoms with E-state index >= 15 is 0 Å². The van der Waals surface area contributed by atoms with E-state index in [1.165, 1.54) is 17.8 Å². The summed E-state index contributed by atoms with van der Waals surface area (Å²) in [5.74, 6) is 2.04. The lowest BCUT2D eigenvalue weighted by atomic mass is 10.0. The van der Waals surface area contributed by atoms with Gasteiger partial charge >= 0.3 is 5.63 Å². The molecule has 0 saturated heterocycles. The molecule has 0 aliphatic rings. The molecule has 0 spiro atoms. The van der Waals surface area contributed by atoms with Gasteiger partial charge in [0.15, 0.2) is 11.5 Å². The molecule has 0 aliphatic heterocycles. The Morgan fingerprint density at radius 2 is 1.75 bits per heavy atom. The van der Waals surface area contributed by atoms with Crippen LogP contribution < -0.4 is 15.1 Å². The van der Waals surface area contributed by atoms with Gasteiger partial charge in [-0.3, -0.25) is 0 Å². The Morgan fingerprint density at radius 3 is 2.59 bits per heavy atom. The number of aromatic nitrogens is 2. The zero-order chi connectivity index (χ0) is 22.1. The Hall–Kier alpha value is -3.78. The molecule has 0 radical (unpaired) electrons. The van der Waals surface area contributed by atoms with Gasteiger partial charge in [0.05, 0.1) is 14.2 Å². The first kappa shape index (κ1) is 20.1. The molecular formula is C24H18N2O5S. The summed E-state index contributed by atoms with van der Waals surface area (Å²) in [7, 11) is 3.15. The van der Waals surface area contributed by atoms with Gasteiger partial charge in [-0.15, -0.1) is 10.2 Å². The summed E-state index contributed by atoms with van der Waals surface area (Å²) in [6, 6.07) is 18.7. The molecule has 0 saturated carbocycles. The van der Waals surface area contributed by atoms with Gasteiger partial charge in [0.2, 0.25) is 5.89 Å². The molecule has 8 heteroatoms. The third kappa shape index (κ3) is 3.69. The van der Waals surface area contributed by atoms with Crippen molar-refractivity contribution < 1.29 is 18.3 Å². The molecule has 0 N–H and O–H groups in total. The van der Waals surface area contributed by atoms with Crippen molar-refractivity contribution in [1.29, 1.82) is 0 Å². The van der Waals surface area contributed by atoms with Crippen LogP contribution in [0.4, 0.5) is 0 Å². The van der Waals surface area contributed by atoms with Gasteiger partial charge in [-0.25, -0.2) is 4.79 Å². The van der Waals surface area contributed by atoms with Crippen molar-refractivity contribution in [3.63, 3.8) is 0 Å². The summed E-state index contributed by atoms with van der Waals surface area (Å²) in [5, 5.41) is 11.7. The maximum absolute atomic E-state index is 12.1. The van der Waals surface area contributed by atoms with E-state index in [1.807, 2.05) is 42.5 Å². The van der Waals surface area contributed by atoms with Crippen molar-refractivity contribution in [2.75, 3.05) is 14.2 Å². The van der Waals surface area contributed by atoms with E-state index in [2.05, 4.69) is 10.2 Å². The van der Waals surface area contributed by atoms with Crippen molar-refractivity contribution in [2.45, 2.75) is 11.0 Å². The minimum Gasteiger partial charge on any atom is -0.493 e. The average molecular weight is 446 g/mol. The minimum atomic E-state index is -0.389. The Bertz CT molecular complexity index is 1490. The summed E-state index contributed by atoms with van der Waals surface area (Å²) >= 11 is 1.36. The highest BCUT2D eigenvalue weighted by Crippen LogP contribution is 2.34. The number of thioether (sulfide) groups is 1. The number of nitrogens with zero attached hydrogens (tertiary/aromatic N) is 2. The van der Waals surface area contributed by atoms with E-state index in [1.54, 1.807) is 26.4 Å². The van der Waals surface area contributed by atoms with E-state index in [-0.39, 0.29) is 5.63 Å². The molecule has 2 aromatic heterocycles. The predicted molar refractivity (Wildman–Crippen MR) is 122 cm³/mol. The van der Waals surface area contributed by atoms with Gasteiger partial charge in [0.25, 0.3) is 5.22 Å². The van der Waals surface area contributed by atoms with Gasteiger partial charge in [-0.1, -0.05) is 42.1 Å². The first-order valence-electron chi connectivity index (χ1n) is 9.79. The number of rotatable bonds is 6. The molecule has 160 valence electrons. The van der Waals surface area contributed by atoms with Crippen molar-refractivity contribution in [1.82, 2.24) is 10.2 Å². The van der Waals surface area contributed by atoms with Crippen LogP contribution in [-0.4, -0.2) is 24.4 Å². The average Bonchev–Trinajstić information content (AvgIpc) is 3.30. The van der Waals surface area contributed by atoms with Crippen LogP contribution in [0.3, 0.4) is 0 Å². The molecule has 3 aromatic carbocycles. The smallest absolute Gasteiger partial charge is 0.336 e. The van der Waals surface area contributed by atoms with Crippen molar-refractivity contribution in [3.8, 4) is 23.0 Å². The van der Waals surface area contributed by atoms with Crippen LogP contribution in [0, 0.1) is 0 Å². The molecule has 5 aromatic rings. The lowest BCUT2D eigenvalue weighted by molar-refractivity contribution is 0.355. The maximum atomic E-state index is 12.1. The van der Waals surface area contributed by atoms with Crippen LogP contribution in [0.5, 0.6) is 11.5 Å². The van der Waals surface area contributed by atoms with E-state index in [9.17, 15) is 4.79 Å². The van der Waals surface area contributed by atoms with E-state index in [4.69, 9.17) is 18.3 Å². The molecule has 0 atom stereocenters. The topological polar surface area (TPSA) is 87.6 Å². The zero-order valence-electron chi connectivity index (χ0n) is 17.3. The van der Waals surface area contributed by atoms with Crippen LogP contribution in [0.1, 0.15) is 5.56 Å². The van der Waals surface area contributed by atoms with Gasteiger partial charge < -0.3 is 18.3 Å². The van der Waals surface area contributed by atoms with Gasteiger partial charge in [-0.2, -0.15) is 0 Å². The van der Waals surface area contributed by atoms with Crippen molar-refractivity contribution in [3.05, 3.63) is 76.6 Å². The Morgan fingerprint density at radius 1 is 0.906 bits per heavy atom. The monoisotopic (exact) mass is 446 g/mol. The molecule has 0 bridgehead atoms. The SMILES string of the molecule is COc1ccc(-c2nnc(SCc3cc(=O)oc4ccc5ccccc5c34)o2)cc1OC. The Labute approximate surface area is 187 Å². The summed E-state index contributed by atoms with van der Waals surface area (Å²) in [5.41, 5.74) is 1.74. The minimum absolute atomic E-state index is 0.372. The summed E-state index contributed by atoms with van der Waals surface area (Å²) in [4.78, 5) is 12.1. The number of ether oxygens (including phenoxy) is 2. The second-order valence-corrected chi connectivity index (χ2v) is 7.91. The molecule has 0 fully saturated rings. The molecule has 0 unspecified atom stereocenters. The second-order valence-electron chi connectivity index (χ2n) is 6.98. The standard InChI is InChI=1S/C24H18N2O5S/c1-28-18-9-8-15(11-20(18)29-2)23-25-26-24(31-23)32-13-16-12-21(27)30-19-10-7-14-5-3-4-6-17(14)22(16)19/h3-12H,13H2,1-2H3. The van der Waals surface area contributed by atoms with Crippen LogP contribution in [-0.2, 0) is 5.75 Å². The summed E-state index contributed by atoms with van der Waals surface area (Å²) in [6.45, 7) is 0. The highest BCUT2D eigenvalue weighted by atomic mass is 32.2. The number of methoxy groups -OCH3 is 2. The Kier molecular flexibility index (Phi) is 5.28. The molecule has 32 heavy (non-hydrogen) atoms. The van der Waals surface area contributed by atoms with Crippen LogP contribution in [0.15, 0.2) is 79.5 Å². The second kappa shape index (κ2) is 8.39. The van der Waals surface area contributed by atoms with Crippen molar-refractivity contribution >= 4 is 33.5 Å². The van der Waals surface area contributed by atoms with Crippen LogP contribution in [0.25, 0.3) is 33.2 Å². The summed E-state index contributed by atoms with van der Waals surface area (Å²) < 4.78 is 21.9. The first-order valence-corrected chi connectivity index (χ1v) is 10.8. The van der Waals surface area contributed by atoms with Crippen molar-refractivity contribution in [2.24, 2.45) is 0 Å². The molecule has 7 nitrogen and oxygen atoms in total. The van der Waals surface area contributed by atoms with Crippen LogP contribution in [0.2, 0.25) is 0 Å². The van der Waals surface area contributed by atoms with E-state index < -0.39 is 0 Å². The normalized spacial score (nSPS) is 11.2. The first-order chi connectivity index (χ1) is 15.7. The molecule has 2 heterocycles. The number of hydrogen-bond acceptors (Lipinski definition) is 8. The van der Waals surface area contributed by atoms with E-state index in [0.717, 1.165) is 27.3 Å². The molecule has 5 rings (SSSR count). The predicted octanol–water partition coefficient (Wildman–Crippen LogP) is 5.31. The Balaban J connectivity index is 1.46. The molecular weight excluding hydrogens is 428 g/mol. The number of fused-ring (bicyclic) bond motifs is 3. The third-order valence-electron chi connectivity index (χ3n) is 5.10. The van der Waals surface area contributed by atoms with Gasteiger partial charge in [-0.05, 0) is 40.6 Å². The van der Waals surface area contributed by atoms with Gasteiger partial charge in [0.1, 0.15) is 5.58 Å². The maximum Gasteiger partial charge on any atom is 0.336 e. The largest absolute Gasteiger partial charge is 0.493 e. The fourth-order valence-corrected chi connectivity index (χ4v) is 4.37. The van der Waals surface area contributed by atoms with E-state index in [0.29, 0.717) is 33.9 Å². The lowest BCUT2D eigenvalue weighted by Crippen LogP contribution is -2.00. The van der Waals surface area contributed by atoms with Crippen LogP contribution >= 0.6 is 11.8 Å². The fraction of sp³-hybridized carbons (Fsp3) is 0.125. The quantitative estimate of drug-likeness (QED) is 0.197. The third-order valence-corrected chi connectivity index (χ3v) is 5.97. The fourth-order valence-electron chi connectivity index (χ4n) is 3.63.